The molecule has 0 spiro atoms. The van der Waals surface area contributed by atoms with Crippen LogP contribution in [0, 0.1) is 6.92 Å². The third-order valence-electron chi connectivity index (χ3n) is 4.00. The van der Waals surface area contributed by atoms with Gasteiger partial charge in [0.2, 0.25) is 5.91 Å². The van der Waals surface area contributed by atoms with Crippen molar-refractivity contribution >= 4 is 50.5 Å². The Kier molecular flexibility index (Phi) is 6.52. The molecule has 27 heavy (non-hydrogen) atoms. The second kappa shape index (κ2) is 8.87. The Labute approximate surface area is 175 Å². The molecule has 0 aliphatic rings. The van der Waals surface area contributed by atoms with Crippen LogP contribution in [0.15, 0.2) is 52.3 Å². The number of aryl methyl sites for hydroxylation is 1. The zero-order chi connectivity index (χ0) is 19.4. The normalized spacial score (nSPS) is 10.7. The van der Waals surface area contributed by atoms with E-state index in [0.717, 1.165) is 32.2 Å². The summed E-state index contributed by atoms with van der Waals surface area (Å²) in [4.78, 5) is 18.8. The Bertz CT molecular complexity index is 943. The van der Waals surface area contributed by atoms with Crippen LogP contribution < -0.4 is 9.64 Å². The van der Waals surface area contributed by atoms with Crippen molar-refractivity contribution in [3.8, 4) is 5.75 Å². The maximum absolute atomic E-state index is 12.6. The second-order valence-electron chi connectivity index (χ2n) is 6.04. The lowest BCUT2D eigenvalue weighted by Gasteiger charge is -2.19. The molecular formula is C20H18BrClN2O2S. The summed E-state index contributed by atoms with van der Waals surface area (Å²) >= 11 is 10.8. The summed E-state index contributed by atoms with van der Waals surface area (Å²) in [6.07, 6.45) is 0.253. The fourth-order valence-corrected chi connectivity index (χ4v) is 3.88. The first-order valence-electron chi connectivity index (χ1n) is 8.27. The first-order valence-corrected chi connectivity index (χ1v) is 10.3. The van der Waals surface area contributed by atoms with E-state index in [-0.39, 0.29) is 12.3 Å². The molecule has 3 aromatic rings. The van der Waals surface area contributed by atoms with Crippen LogP contribution in [0.1, 0.15) is 16.3 Å². The maximum atomic E-state index is 12.6. The molecule has 3 rings (SSSR count). The molecule has 0 aliphatic carbocycles. The lowest BCUT2D eigenvalue weighted by Crippen LogP contribution is -2.28. The summed E-state index contributed by atoms with van der Waals surface area (Å²) in [6, 6.07) is 13.1. The number of ether oxygens (including phenoxy) is 1. The topological polar surface area (TPSA) is 42.4 Å². The Morgan fingerprint density at radius 3 is 2.70 bits per heavy atom. The van der Waals surface area contributed by atoms with Crippen LogP contribution in [0.25, 0.3) is 0 Å². The van der Waals surface area contributed by atoms with E-state index in [0.29, 0.717) is 11.6 Å². The number of aromatic nitrogens is 1. The molecule has 0 aliphatic heterocycles. The molecule has 2 aromatic carbocycles. The van der Waals surface area contributed by atoms with Gasteiger partial charge in [0.1, 0.15) is 17.4 Å². The SMILES string of the molecule is Cc1cc(Br)ccc1N(C)C(=O)Cc1csc(COc2ccc(Cl)cc2)n1. The number of thiazole rings is 1. The monoisotopic (exact) mass is 464 g/mol. The number of hydrogen-bond acceptors (Lipinski definition) is 4. The zero-order valence-corrected chi connectivity index (χ0v) is 18.1. The van der Waals surface area contributed by atoms with E-state index < -0.39 is 0 Å². The number of halogens is 2. The van der Waals surface area contributed by atoms with E-state index in [2.05, 4.69) is 20.9 Å². The van der Waals surface area contributed by atoms with Gasteiger partial charge < -0.3 is 9.64 Å². The number of likely N-dealkylation sites (N-methyl/N-ethyl adjacent to an activating group) is 1. The molecule has 4 nitrogen and oxygen atoms in total. The molecule has 0 atom stereocenters. The van der Waals surface area contributed by atoms with Crippen LogP contribution in [0.2, 0.25) is 5.02 Å². The second-order valence-corrected chi connectivity index (χ2v) is 8.33. The van der Waals surface area contributed by atoms with Gasteiger partial charge in [0.15, 0.2) is 0 Å². The average molecular weight is 466 g/mol. The highest BCUT2D eigenvalue weighted by atomic mass is 79.9. The highest BCUT2D eigenvalue weighted by molar-refractivity contribution is 9.10. The average Bonchev–Trinajstić information content (AvgIpc) is 3.08. The molecule has 140 valence electrons. The number of carbonyl (C=O) groups excluding carboxylic acids is 1. The van der Waals surface area contributed by atoms with Crippen LogP contribution in [-0.4, -0.2) is 17.9 Å². The van der Waals surface area contributed by atoms with Crippen molar-refractivity contribution in [2.24, 2.45) is 0 Å². The number of benzene rings is 2. The molecule has 0 radical (unpaired) electrons. The van der Waals surface area contributed by atoms with Crippen molar-refractivity contribution in [1.82, 2.24) is 4.98 Å². The third kappa shape index (κ3) is 5.31. The Morgan fingerprint density at radius 1 is 1.26 bits per heavy atom. The van der Waals surface area contributed by atoms with Gasteiger partial charge in [-0.05, 0) is 55.0 Å². The fourth-order valence-electron chi connectivity index (χ4n) is 2.58. The number of amides is 1. The number of anilines is 1. The summed E-state index contributed by atoms with van der Waals surface area (Å²) in [5.41, 5.74) is 2.68. The van der Waals surface area contributed by atoms with Crippen LogP contribution in [0.3, 0.4) is 0 Å². The van der Waals surface area contributed by atoms with Crippen molar-refractivity contribution < 1.29 is 9.53 Å². The van der Waals surface area contributed by atoms with Gasteiger partial charge in [-0.2, -0.15) is 0 Å². The highest BCUT2D eigenvalue weighted by Gasteiger charge is 2.15. The van der Waals surface area contributed by atoms with E-state index in [4.69, 9.17) is 16.3 Å². The number of carbonyl (C=O) groups is 1. The summed E-state index contributed by atoms with van der Waals surface area (Å²) in [5, 5.41) is 3.40. The molecule has 1 aromatic heterocycles. The number of rotatable bonds is 6. The fraction of sp³-hybridized carbons (Fsp3) is 0.200. The van der Waals surface area contributed by atoms with Crippen LogP contribution in [0.5, 0.6) is 5.75 Å². The lowest BCUT2D eigenvalue weighted by molar-refractivity contribution is -0.117. The van der Waals surface area contributed by atoms with Crippen molar-refractivity contribution in [3.63, 3.8) is 0 Å². The lowest BCUT2D eigenvalue weighted by atomic mass is 10.1. The van der Waals surface area contributed by atoms with Gasteiger partial charge in [0, 0.05) is 27.6 Å². The van der Waals surface area contributed by atoms with Crippen LogP contribution in [0.4, 0.5) is 5.69 Å². The van der Waals surface area contributed by atoms with Gasteiger partial charge in [0.05, 0.1) is 12.1 Å². The molecule has 7 heteroatoms. The largest absolute Gasteiger partial charge is 0.486 e. The first kappa shape index (κ1) is 19.9. The Morgan fingerprint density at radius 2 is 2.00 bits per heavy atom. The van der Waals surface area contributed by atoms with Crippen molar-refractivity contribution in [2.75, 3.05) is 11.9 Å². The minimum absolute atomic E-state index is 0.00380. The van der Waals surface area contributed by atoms with E-state index in [1.807, 2.05) is 42.6 Å². The molecule has 0 unspecified atom stereocenters. The summed E-state index contributed by atoms with van der Waals surface area (Å²) in [5.74, 6) is 0.730. The summed E-state index contributed by atoms with van der Waals surface area (Å²) in [6.45, 7) is 2.35. The van der Waals surface area contributed by atoms with E-state index in [1.165, 1.54) is 11.3 Å². The van der Waals surface area contributed by atoms with E-state index in [1.54, 1.807) is 24.1 Å². The smallest absolute Gasteiger partial charge is 0.232 e. The maximum Gasteiger partial charge on any atom is 0.232 e. The minimum atomic E-state index is -0.00380. The summed E-state index contributed by atoms with van der Waals surface area (Å²) < 4.78 is 6.69. The molecule has 1 amide bonds. The van der Waals surface area contributed by atoms with E-state index >= 15 is 0 Å². The van der Waals surface area contributed by atoms with Gasteiger partial charge in [-0.3, -0.25) is 4.79 Å². The van der Waals surface area contributed by atoms with E-state index in [9.17, 15) is 4.79 Å². The van der Waals surface area contributed by atoms with Crippen LogP contribution in [-0.2, 0) is 17.8 Å². The highest BCUT2D eigenvalue weighted by Crippen LogP contribution is 2.24. The molecule has 0 N–H and O–H groups in total. The Balaban J connectivity index is 1.59. The predicted octanol–water partition coefficient (Wildman–Crippen LogP) is 5.65. The molecule has 0 fully saturated rings. The molecule has 0 saturated heterocycles. The number of nitrogens with zero attached hydrogens (tertiary/aromatic N) is 2. The van der Waals surface area contributed by atoms with Crippen molar-refractivity contribution in [2.45, 2.75) is 20.0 Å². The van der Waals surface area contributed by atoms with Crippen LogP contribution >= 0.6 is 38.9 Å². The van der Waals surface area contributed by atoms with Crippen molar-refractivity contribution in [1.29, 1.82) is 0 Å². The van der Waals surface area contributed by atoms with Gasteiger partial charge in [-0.25, -0.2) is 4.98 Å². The molecule has 0 bridgehead atoms. The van der Waals surface area contributed by atoms with Gasteiger partial charge in [0.25, 0.3) is 0 Å². The Hall–Kier alpha value is -1.89. The molecule has 1 heterocycles. The minimum Gasteiger partial charge on any atom is -0.486 e. The van der Waals surface area contributed by atoms with Gasteiger partial charge >= 0.3 is 0 Å². The molecular weight excluding hydrogens is 448 g/mol. The molecule has 0 saturated carbocycles. The quantitative estimate of drug-likeness (QED) is 0.472. The van der Waals surface area contributed by atoms with Gasteiger partial charge in [-0.15, -0.1) is 11.3 Å². The third-order valence-corrected chi connectivity index (χ3v) is 5.62. The standard InChI is InChI=1S/C20H18BrClN2O2S/c1-13-9-14(21)3-8-18(13)24(2)20(25)10-16-12-27-19(23-16)11-26-17-6-4-15(22)5-7-17/h3-9,12H,10-11H2,1-2H3. The summed E-state index contributed by atoms with van der Waals surface area (Å²) in [7, 11) is 1.79. The van der Waals surface area contributed by atoms with Gasteiger partial charge in [-0.1, -0.05) is 27.5 Å². The zero-order valence-electron chi connectivity index (χ0n) is 14.9. The van der Waals surface area contributed by atoms with Crippen molar-refractivity contribution in [3.05, 3.63) is 73.6 Å². The number of hydrogen-bond donors (Lipinski definition) is 0. The predicted molar refractivity (Wildman–Crippen MR) is 114 cm³/mol. The first-order chi connectivity index (χ1) is 12.9.